The molecule has 0 aromatic heterocycles. The molecule has 1 saturated heterocycles. The predicted molar refractivity (Wildman–Crippen MR) is 113 cm³/mol. The molecule has 2 aromatic rings. The van der Waals surface area contributed by atoms with Gasteiger partial charge in [-0.1, -0.05) is 23.7 Å². The zero-order chi connectivity index (χ0) is 20.6. The first-order valence-electron chi connectivity index (χ1n) is 9.96. The van der Waals surface area contributed by atoms with Crippen LogP contribution in [0.4, 0.5) is 0 Å². The summed E-state index contributed by atoms with van der Waals surface area (Å²) in [5.74, 6) is 1.84. The van der Waals surface area contributed by atoms with Gasteiger partial charge in [0.2, 0.25) is 0 Å². The summed E-state index contributed by atoms with van der Waals surface area (Å²) < 4.78 is 10.8. The highest BCUT2D eigenvalue weighted by molar-refractivity contribution is 6.30. The molecule has 156 valence electrons. The lowest BCUT2D eigenvalue weighted by atomic mass is 10.1. The third kappa shape index (κ3) is 6.35. The Hall–Kier alpha value is -2.28. The number of amides is 1. The Morgan fingerprint density at radius 2 is 1.69 bits per heavy atom. The van der Waals surface area contributed by atoms with Crippen LogP contribution in [-0.2, 0) is 17.9 Å². The lowest BCUT2D eigenvalue weighted by molar-refractivity contribution is -1.02. The summed E-state index contributed by atoms with van der Waals surface area (Å²) in [5.41, 5.74) is 2.21. The minimum absolute atomic E-state index is 0.0906. The van der Waals surface area contributed by atoms with Crippen molar-refractivity contribution >= 4 is 17.5 Å². The second-order valence-electron chi connectivity index (χ2n) is 7.43. The molecule has 1 amide bonds. The van der Waals surface area contributed by atoms with Gasteiger partial charge in [-0.3, -0.25) is 4.79 Å². The number of halogens is 1. The Morgan fingerprint density at radius 3 is 2.34 bits per heavy atom. The molecule has 1 heterocycles. The third-order valence-electron chi connectivity index (χ3n) is 5.41. The molecule has 2 aromatic carbocycles. The molecule has 29 heavy (non-hydrogen) atoms. The number of hydrogen-bond acceptors (Lipinski definition) is 3. The van der Waals surface area contributed by atoms with Crippen LogP contribution >= 0.6 is 11.6 Å². The van der Waals surface area contributed by atoms with Crippen LogP contribution in [0.3, 0.4) is 0 Å². The zero-order valence-corrected chi connectivity index (χ0v) is 17.8. The number of hydrogen-bond donors (Lipinski definition) is 3. The molecule has 0 atom stereocenters. The zero-order valence-electron chi connectivity index (χ0n) is 17.1. The second-order valence-corrected chi connectivity index (χ2v) is 7.87. The van der Waals surface area contributed by atoms with Crippen LogP contribution in [0.15, 0.2) is 42.5 Å². The van der Waals surface area contributed by atoms with E-state index >= 15 is 0 Å². The third-order valence-corrected chi connectivity index (χ3v) is 5.66. The van der Waals surface area contributed by atoms with Crippen molar-refractivity contribution in [2.24, 2.45) is 0 Å². The fourth-order valence-corrected chi connectivity index (χ4v) is 3.82. The fourth-order valence-electron chi connectivity index (χ4n) is 3.69. The van der Waals surface area contributed by atoms with E-state index in [1.165, 1.54) is 9.80 Å². The predicted octanol–water partition coefficient (Wildman–Crippen LogP) is -0.0430. The smallest absolute Gasteiger partial charge is 0.275 e. The van der Waals surface area contributed by atoms with Crippen molar-refractivity contribution in [3.63, 3.8) is 0 Å². The summed E-state index contributed by atoms with van der Waals surface area (Å²) in [5, 5.41) is 3.71. The van der Waals surface area contributed by atoms with Crippen molar-refractivity contribution in [3.8, 4) is 11.5 Å². The highest BCUT2D eigenvalue weighted by Gasteiger charge is 2.25. The molecular weight excluding hydrogens is 390 g/mol. The molecule has 0 spiro atoms. The van der Waals surface area contributed by atoms with Gasteiger partial charge in [-0.2, -0.15) is 0 Å². The molecule has 0 unspecified atom stereocenters. The number of benzene rings is 2. The molecule has 3 rings (SSSR count). The van der Waals surface area contributed by atoms with Gasteiger partial charge in [0.25, 0.3) is 5.91 Å². The van der Waals surface area contributed by atoms with Gasteiger partial charge in [0.1, 0.15) is 44.2 Å². The fraction of sp³-hybridized carbons (Fsp3) is 0.409. The molecule has 6 nitrogen and oxygen atoms in total. The van der Waals surface area contributed by atoms with Crippen molar-refractivity contribution < 1.29 is 24.1 Å². The molecule has 1 aliphatic rings. The largest absolute Gasteiger partial charge is 0.497 e. The molecule has 0 radical (unpaired) electrons. The van der Waals surface area contributed by atoms with Gasteiger partial charge in [0.15, 0.2) is 6.54 Å². The lowest BCUT2D eigenvalue weighted by Gasteiger charge is -2.29. The van der Waals surface area contributed by atoms with Gasteiger partial charge in [0.05, 0.1) is 19.8 Å². The summed E-state index contributed by atoms with van der Waals surface area (Å²) in [6.45, 7) is 5.97. The molecule has 0 aliphatic carbocycles. The van der Waals surface area contributed by atoms with Crippen LogP contribution in [0.1, 0.15) is 11.1 Å². The average molecular weight is 420 g/mol. The van der Waals surface area contributed by atoms with Crippen molar-refractivity contribution in [1.82, 2.24) is 5.32 Å². The number of quaternary nitrogens is 2. The molecule has 0 bridgehead atoms. The van der Waals surface area contributed by atoms with Gasteiger partial charge in [-0.05, 0) is 35.9 Å². The van der Waals surface area contributed by atoms with Gasteiger partial charge < -0.3 is 24.6 Å². The lowest BCUT2D eigenvalue weighted by Crippen LogP contribution is -3.28. The van der Waals surface area contributed by atoms with Gasteiger partial charge in [-0.25, -0.2) is 0 Å². The number of carbonyl (C=O) groups is 1. The molecule has 7 heteroatoms. The number of nitrogens with one attached hydrogen (secondary N) is 3. The van der Waals surface area contributed by atoms with Crippen molar-refractivity contribution in [1.29, 1.82) is 0 Å². The van der Waals surface area contributed by atoms with Crippen molar-refractivity contribution in [3.05, 3.63) is 58.6 Å². The van der Waals surface area contributed by atoms with Crippen LogP contribution in [0, 0.1) is 0 Å². The average Bonchev–Trinajstić information content (AvgIpc) is 2.74. The number of ether oxygens (including phenoxy) is 2. The quantitative estimate of drug-likeness (QED) is 0.562. The van der Waals surface area contributed by atoms with Crippen LogP contribution in [0.5, 0.6) is 11.5 Å². The second kappa shape index (κ2) is 10.5. The Labute approximate surface area is 177 Å². The minimum Gasteiger partial charge on any atom is -0.497 e. The van der Waals surface area contributed by atoms with Crippen LogP contribution in [0.25, 0.3) is 0 Å². The summed E-state index contributed by atoms with van der Waals surface area (Å²) in [6.07, 6.45) is 0. The first-order valence-corrected chi connectivity index (χ1v) is 10.3. The molecule has 1 aliphatic heterocycles. The van der Waals surface area contributed by atoms with E-state index in [4.69, 9.17) is 21.1 Å². The standard InChI is InChI=1S/C22H28ClN3O3/c1-28-20-7-8-21(29-2)18(13-20)15-25-9-11-26(12-10-25)16-22(27)24-14-17-3-5-19(23)6-4-17/h3-8,13H,9-12,14-16H2,1-2H3,(H,24,27)/p+2. The van der Waals surface area contributed by atoms with E-state index < -0.39 is 0 Å². The van der Waals surface area contributed by atoms with E-state index in [2.05, 4.69) is 11.4 Å². The number of carbonyl (C=O) groups excluding carboxylic acids is 1. The van der Waals surface area contributed by atoms with E-state index in [1.54, 1.807) is 14.2 Å². The van der Waals surface area contributed by atoms with Crippen molar-refractivity contribution in [2.45, 2.75) is 13.1 Å². The molecular formula is C22H30ClN3O3+2. The van der Waals surface area contributed by atoms with E-state index in [1.807, 2.05) is 36.4 Å². The minimum atomic E-state index is 0.0906. The highest BCUT2D eigenvalue weighted by Crippen LogP contribution is 2.23. The topological polar surface area (TPSA) is 56.4 Å². The number of methoxy groups -OCH3 is 2. The first-order chi connectivity index (χ1) is 14.1. The Kier molecular flexibility index (Phi) is 7.75. The summed E-state index contributed by atoms with van der Waals surface area (Å²) in [6, 6.07) is 13.5. The summed E-state index contributed by atoms with van der Waals surface area (Å²) >= 11 is 5.89. The molecule has 3 N–H and O–H groups in total. The Bertz CT molecular complexity index is 805. The molecule has 0 saturated carbocycles. The van der Waals surface area contributed by atoms with Crippen LogP contribution in [0.2, 0.25) is 5.02 Å². The summed E-state index contributed by atoms with van der Waals surface area (Å²) in [4.78, 5) is 15.1. The molecule has 1 fully saturated rings. The van der Waals surface area contributed by atoms with E-state index in [-0.39, 0.29) is 5.91 Å². The SMILES string of the molecule is COc1ccc(OC)c(C[NH+]2CC[NH+](CC(=O)NCc3ccc(Cl)cc3)CC2)c1. The Morgan fingerprint density at radius 1 is 1.00 bits per heavy atom. The monoisotopic (exact) mass is 419 g/mol. The highest BCUT2D eigenvalue weighted by atomic mass is 35.5. The first kappa shape index (κ1) is 21.4. The van der Waals surface area contributed by atoms with Gasteiger partial charge >= 0.3 is 0 Å². The Balaban J connectivity index is 1.43. The van der Waals surface area contributed by atoms with Crippen LogP contribution < -0.4 is 24.6 Å². The van der Waals surface area contributed by atoms with Crippen molar-refractivity contribution in [2.75, 3.05) is 46.9 Å². The van der Waals surface area contributed by atoms with Gasteiger partial charge in [0, 0.05) is 11.6 Å². The van der Waals surface area contributed by atoms with Crippen LogP contribution in [-0.4, -0.2) is 52.9 Å². The number of rotatable bonds is 8. The van der Waals surface area contributed by atoms with E-state index in [0.29, 0.717) is 18.1 Å². The maximum absolute atomic E-state index is 12.3. The van der Waals surface area contributed by atoms with E-state index in [9.17, 15) is 4.79 Å². The van der Waals surface area contributed by atoms with E-state index in [0.717, 1.165) is 55.3 Å². The number of piperazine rings is 1. The summed E-state index contributed by atoms with van der Waals surface area (Å²) in [7, 11) is 3.38. The maximum Gasteiger partial charge on any atom is 0.275 e. The van der Waals surface area contributed by atoms with Gasteiger partial charge in [-0.15, -0.1) is 0 Å². The normalized spacial score (nSPS) is 18.9. The maximum atomic E-state index is 12.3.